The van der Waals surface area contributed by atoms with Crippen LogP contribution >= 0.6 is 11.6 Å². The van der Waals surface area contributed by atoms with Gasteiger partial charge in [-0.15, -0.1) is 0 Å². The smallest absolute Gasteiger partial charge is 0.244 e. The molecule has 0 spiro atoms. The van der Waals surface area contributed by atoms with Crippen LogP contribution in [0.5, 0.6) is 0 Å². The van der Waals surface area contributed by atoms with Gasteiger partial charge in [0.05, 0.1) is 17.3 Å². The molecule has 0 aliphatic carbocycles. The molecule has 1 N–H and O–H groups in total. The first kappa shape index (κ1) is 17.3. The van der Waals surface area contributed by atoms with Crippen molar-refractivity contribution in [1.29, 1.82) is 0 Å². The minimum Gasteiger partial charge on any atom is -0.364 e. The van der Waals surface area contributed by atoms with Crippen molar-refractivity contribution in [2.24, 2.45) is 0 Å². The number of fused-ring (bicyclic) bond motifs is 1. The van der Waals surface area contributed by atoms with E-state index in [1.807, 2.05) is 16.7 Å². The van der Waals surface area contributed by atoms with E-state index in [1.165, 1.54) is 10.5 Å². The van der Waals surface area contributed by atoms with Gasteiger partial charge >= 0.3 is 0 Å². The monoisotopic (exact) mass is 391 g/mol. The molecule has 136 valence electrons. The highest BCUT2D eigenvalue weighted by Crippen LogP contribution is 2.21. The molecule has 1 aliphatic heterocycles. The van der Waals surface area contributed by atoms with Gasteiger partial charge in [-0.3, -0.25) is 0 Å². The van der Waals surface area contributed by atoms with Crippen LogP contribution in [0.3, 0.4) is 0 Å². The molecule has 7 nitrogen and oxygen atoms in total. The minimum atomic E-state index is -3.43. The van der Waals surface area contributed by atoms with Crippen LogP contribution in [-0.4, -0.2) is 40.2 Å². The van der Waals surface area contributed by atoms with Gasteiger partial charge in [0.2, 0.25) is 10.0 Å². The molecule has 0 radical (unpaired) electrons. The Morgan fingerprint density at radius 3 is 2.65 bits per heavy atom. The molecule has 0 atom stereocenters. The highest BCUT2D eigenvalue weighted by Gasteiger charge is 2.27. The van der Waals surface area contributed by atoms with Crippen molar-refractivity contribution >= 4 is 33.1 Å². The fourth-order valence-corrected chi connectivity index (χ4v) is 4.63. The van der Waals surface area contributed by atoms with Crippen LogP contribution in [0.4, 0.5) is 5.82 Å². The molecule has 1 aliphatic rings. The van der Waals surface area contributed by atoms with Gasteiger partial charge in [-0.2, -0.15) is 4.31 Å². The second kappa shape index (κ2) is 6.86. The van der Waals surface area contributed by atoms with E-state index in [9.17, 15) is 8.42 Å². The van der Waals surface area contributed by atoms with E-state index in [0.717, 1.165) is 24.2 Å². The maximum Gasteiger partial charge on any atom is 0.244 e. The predicted molar refractivity (Wildman–Crippen MR) is 99.8 cm³/mol. The summed E-state index contributed by atoms with van der Waals surface area (Å²) in [6.07, 6.45) is 6.91. The van der Waals surface area contributed by atoms with Crippen molar-refractivity contribution in [3.05, 3.63) is 53.6 Å². The molecule has 0 saturated carbocycles. The van der Waals surface area contributed by atoms with Gasteiger partial charge in [-0.05, 0) is 37.1 Å². The van der Waals surface area contributed by atoms with E-state index in [-0.39, 0.29) is 4.90 Å². The quantitative estimate of drug-likeness (QED) is 0.723. The first-order valence-electron chi connectivity index (χ1n) is 8.35. The Kier molecular flexibility index (Phi) is 4.56. The lowest BCUT2D eigenvalue weighted by molar-refractivity contribution is 0.477. The molecule has 26 heavy (non-hydrogen) atoms. The number of anilines is 1. The van der Waals surface area contributed by atoms with E-state index in [4.69, 9.17) is 11.6 Å². The maximum atomic E-state index is 12.5. The Bertz CT molecular complexity index is 1030. The summed E-state index contributed by atoms with van der Waals surface area (Å²) in [4.78, 5) is 8.95. The Morgan fingerprint density at radius 1 is 1.12 bits per heavy atom. The third-order valence-corrected chi connectivity index (χ3v) is 6.46. The van der Waals surface area contributed by atoms with Gasteiger partial charge in [0.1, 0.15) is 16.4 Å². The van der Waals surface area contributed by atoms with Crippen LogP contribution in [0.15, 0.2) is 47.8 Å². The number of halogens is 1. The zero-order chi connectivity index (χ0) is 18.1. The normalized spacial score (nSPS) is 15.6. The fourth-order valence-electron chi connectivity index (χ4n) is 3.00. The largest absolute Gasteiger partial charge is 0.364 e. The first-order valence-corrected chi connectivity index (χ1v) is 10.2. The number of hydrogen-bond donors (Lipinski definition) is 1. The first-order chi connectivity index (χ1) is 12.5. The number of rotatable bonds is 5. The van der Waals surface area contributed by atoms with Gasteiger partial charge in [0.25, 0.3) is 0 Å². The number of sulfonamides is 1. The number of nitrogens with one attached hydrogen (secondary N) is 1. The summed E-state index contributed by atoms with van der Waals surface area (Å²) in [5.74, 6) is 0.598. The lowest BCUT2D eigenvalue weighted by Gasteiger charge is -2.15. The third kappa shape index (κ3) is 3.40. The molecule has 0 aromatic carbocycles. The van der Waals surface area contributed by atoms with E-state index in [0.29, 0.717) is 30.5 Å². The molecule has 1 saturated heterocycles. The van der Waals surface area contributed by atoms with Crippen LogP contribution in [0.1, 0.15) is 18.5 Å². The second-order valence-electron chi connectivity index (χ2n) is 6.19. The highest BCUT2D eigenvalue weighted by atomic mass is 35.5. The van der Waals surface area contributed by atoms with Gasteiger partial charge in [-0.25, -0.2) is 18.4 Å². The second-order valence-corrected chi connectivity index (χ2v) is 8.56. The summed E-state index contributed by atoms with van der Waals surface area (Å²) >= 11 is 5.97. The summed E-state index contributed by atoms with van der Waals surface area (Å²) in [6, 6.07) is 6.91. The van der Waals surface area contributed by atoms with E-state index >= 15 is 0 Å². The van der Waals surface area contributed by atoms with Crippen molar-refractivity contribution in [3.63, 3.8) is 0 Å². The molecule has 3 aromatic heterocycles. The molecular weight excluding hydrogens is 374 g/mol. The lowest BCUT2D eigenvalue weighted by atomic mass is 10.4. The fraction of sp³-hybridized carbons (Fsp3) is 0.294. The van der Waals surface area contributed by atoms with Gasteiger partial charge in [-0.1, -0.05) is 11.6 Å². The maximum absolute atomic E-state index is 12.5. The molecule has 0 amide bonds. The van der Waals surface area contributed by atoms with Crippen LogP contribution in [-0.2, 0) is 16.6 Å². The number of imidazole rings is 1. The molecular formula is C17H18ClN5O2S. The molecule has 4 heterocycles. The Balaban J connectivity index is 1.45. The third-order valence-electron chi connectivity index (χ3n) is 4.35. The summed E-state index contributed by atoms with van der Waals surface area (Å²) in [5.41, 5.74) is 1.65. The van der Waals surface area contributed by atoms with Crippen LogP contribution in [0.2, 0.25) is 5.02 Å². The summed E-state index contributed by atoms with van der Waals surface area (Å²) in [5, 5.41) is 3.80. The molecule has 4 rings (SSSR count). The van der Waals surface area contributed by atoms with Crippen molar-refractivity contribution in [1.82, 2.24) is 18.7 Å². The number of pyridine rings is 2. The van der Waals surface area contributed by atoms with E-state index in [2.05, 4.69) is 15.3 Å². The lowest BCUT2D eigenvalue weighted by Crippen LogP contribution is -2.27. The molecule has 0 unspecified atom stereocenters. The van der Waals surface area contributed by atoms with E-state index < -0.39 is 10.0 Å². The van der Waals surface area contributed by atoms with Crippen molar-refractivity contribution in [3.8, 4) is 0 Å². The highest BCUT2D eigenvalue weighted by molar-refractivity contribution is 7.89. The van der Waals surface area contributed by atoms with Crippen molar-refractivity contribution in [2.45, 2.75) is 24.3 Å². The number of nitrogens with zero attached hydrogens (tertiary/aromatic N) is 4. The van der Waals surface area contributed by atoms with Gasteiger partial charge < -0.3 is 9.72 Å². The summed E-state index contributed by atoms with van der Waals surface area (Å²) < 4.78 is 28.4. The SMILES string of the molecule is O=S(=O)(c1ccc(NCc2cn3cc(Cl)ccc3n2)nc1)N1CCCC1. The van der Waals surface area contributed by atoms with E-state index in [1.54, 1.807) is 24.4 Å². The number of hydrogen-bond acceptors (Lipinski definition) is 5. The Hall–Kier alpha value is -2.16. The summed E-state index contributed by atoms with van der Waals surface area (Å²) in [6.45, 7) is 1.64. The summed E-state index contributed by atoms with van der Waals surface area (Å²) in [7, 11) is -3.43. The van der Waals surface area contributed by atoms with Crippen LogP contribution in [0, 0.1) is 0 Å². The van der Waals surface area contributed by atoms with Crippen LogP contribution < -0.4 is 5.32 Å². The zero-order valence-corrected chi connectivity index (χ0v) is 15.5. The molecule has 9 heteroatoms. The molecule has 0 bridgehead atoms. The average molecular weight is 392 g/mol. The minimum absolute atomic E-state index is 0.229. The zero-order valence-electron chi connectivity index (χ0n) is 14.0. The van der Waals surface area contributed by atoms with Crippen LogP contribution in [0.25, 0.3) is 5.65 Å². The molecule has 3 aromatic rings. The number of aromatic nitrogens is 3. The Labute approximate surface area is 156 Å². The standard InChI is InChI=1S/C17H18ClN5O2S/c18-13-3-6-17-21-14(12-22(17)11-13)9-19-16-5-4-15(10-20-16)26(24,25)23-7-1-2-8-23/h3-6,10-12H,1-2,7-9H2,(H,19,20). The van der Waals surface area contributed by atoms with Crippen molar-refractivity contribution in [2.75, 3.05) is 18.4 Å². The molecule has 1 fully saturated rings. The topological polar surface area (TPSA) is 79.6 Å². The Morgan fingerprint density at radius 2 is 1.92 bits per heavy atom. The predicted octanol–water partition coefficient (Wildman–Crippen LogP) is 2.78. The van der Waals surface area contributed by atoms with Crippen molar-refractivity contribution < 1.29 is 8.42 Å². The van der Waals surface area contributed by atoms with Gasteiger partial charge in [0, 0.05) is 31.7 Å². The van der Waals surface area contributed by atoms with Gasteiger partial charge in [0.15, 0.2) is 0 Å². The average Bonchev–Trinajstić information content (AvgIpc) is 3.30.